The van der Waals surface area contributed by atoms with Crippen LogP contribution in [-0.2, 0) is 4.74 Å². The quantitative estimate of drug-likeness (QED) is 0.325. The van der Waals surface area contributed by atoms with Crippen LogP contribution >= 0.6 is 0 Å². The molecule has 0 amide bonds. The number of oxime groups is 1. The summed E-state index contributed by atoms with van der Waals surface area (Å²) < 4.78 is 4.98. The van der Waals surface area contributed by atoms with Crippen molar-refractivity contribution in [3.8, 4) is 0 Å². The average molecular weight is 212 g/mol. The normalized spacial score (nSPS) is 19.1. The van der Waals surface area contributed by atoms with Crippen molar-refractivity contribution >= 4 is 5.71 Å². The minimum Gasteiger partial charge on any atom is -0.411 e. The molecule has 0 aromatic carbocycles. The number of rotatable bonds is 5. The third kappa shape index (κ3) is 4.01. The van der Waals surface area contributed by atoms with Crippen LogP contribution in [0.1, 0.15) is 19.3 Å². The largest absolute Gasteiger partial charge is 0.411 e. The van der Waals surface area contributed by atoms with Crippen molar-refractivity contribution < 1.29 is 9.94 Å². The van der Waals surface area contributed by atoms with Gasteiger partial charge in [0.05, 0.1) is 5.71 Å². The first kappa shape index (κ1) is 12.2. The Balaban J connectivity index is 2.47. The molecule has 0 bridgehead atoms. The van der Waals surface area contributed by atoms with Gasteiger partial charge >= 0.3 is 0 Å². The van der Waals surface area contributed by atoms with E-state index in [-0.39, 0.29) is 0 Å². The van der Waals surface area contributed by atoms with Crippen LogP contribution in [0.4, 0.5) is 0 Å². The van der Waals surface area contributed by atoms with Crippen molar-refractivity contribution in [3.05, 3.63) is 11.6 Å². The van der Waals surface area contributed by atoms with Crippen LogP contribution in [0.3, 0.4) is 0 Å². The van der Waals surface area contributed by atoms with E-state index in [1.807, 2.05) is 0 Å². The molecule has 0 atom stereocenters. The van der Waals surface area contributed by atoms with Crippen molar-refractivity contribution in [2.24, 2.45) is 5.16 Å². The molecule has 0 fully saturated rings. The first-order chi connectivity index (χ1) is 7.27. The van der Waals surface area contributed by atoms with Gasteiger partial charge < -0.3 is 14.8 Å². The third-order valence-electron chi connectivity index (χ3n) is 2.60. The lowest BCUT2D eigenvalue weighted by atomic mass is 10.0. The van der Waals surface area contributed by atoms with Crippen LogP contribution in [-0.4, -0.2) is 49.7 Å². The maximum absolute atomic E-state index is 8.95. The number of hydrogen-bond donors (Lipinski definition) is 1. The van der Waals surface area contributed by atoms with Gasteiger partial charge in [0.2, 0.25) is 0 Å². The van der Waals surface area contributed by atoms with Crippen molar-refractivity contribution in [2.75, 3.05) is 33.9 Å². The summed E-state index contributed by atoms with van der Waals surface area (Å²) in [5, 5.41) is 12.3. The number of hydrogen-bond acceptors (Lipinski definition) is 4. The van der Waals surface area contributed by atoms with E-state index in [9.17, 15) is 0 Å². The Morgan fingerprint density at radius 3 is 3.07 bits per heavy atom. The van der Waals surface area contributed by atoms with Gasteiger partial charge in [0.15, 0.2) is 0 Å². The van der Waals surface area contributed by atoms with Gasteiger partial charge in [-0.15, -0.1) is 0 Å². The van der Waals surface area contributed by atoms with Crippen LogP contribution in [0.5, 0.6) is 0 Å². The summed E-state index contributed by atoms with van der Waals surface area (Å²) >= 11 is 0. The second-order valence-corrected chi connectivity index (χ2v) is 3.90. The number of likely N-dealkylation sites (N-methyl/N-ethyl adjacent to an activating group) is 1. The molecule has 1 heterocycles. The molecule has 0 saturated heterocycles. The topological polar surface area (TPSA) is 45.1 Å². The molecule has 0 unspecified atom stereocenters. The summed E-state index contributed by atoms with van der Waals surface area (Å²) in [6.07, 6.45) is 4.89. The highest BCUT2D eigenvalue weighted by Crippen LogP contribution is 2.12. The summed E-state index contributed by atoms with van der Waals surface area (Å²) in [6, 6.07) is 0. The number of ether oxygens (including phenoxy) is 1. The molecule has 1 aliphatic rings. The van der Waals surface area contributed by atoms with Gasteiger partial charge in [0.1, 0.15) is 0 Å². The zero-order valence-corrected chi connectivity index (χ0v) is 9.57. The molecule has 0 aromatic heterocycles. The van der Waals surface area contributed by atoms with Crippen LogP contribution in [0.2, 0.25) is 0 Å². The van der Waals surface area contributed by atoms with Crippen molar-refractivity contribution in [2.45, 2.75) is 19.3 Å². The standard InChI is InChI=1S/C11H20N2O2/c1-13-7-3-5-10(9-13)11(12-14)6-4-8-15-2/h5,14H,3-4,6-9H2,1-2H3/b12-11+. The van der Waals surface area contributed by atoms with E-state index in [2.05, 4.69) is 23.2 Å². The highest BCUT2D eigenvalue weighted by Gasteiger charge is 2.13. The first-order valence-corrected chi connectivity index (χ1v) is 5.35. The molecular formula is C11H20N2O2. The fraction of sp³-hybridized carbons (Fsp3) is 0.727. The lowest BCUT2D eigenvalue weighted by Crippen LogP contribution is -2.28. The molecule has 0 aromatic rings. The van der Waals surface area contributed by atoms with E-state index in [4.69, 9.17) is 9.94 Å². The molecule has 4 nitrogen and oxygen atoms in total. The molecule has 0 aliphatic carbocycles. The molecule has 0 radical (unpaired) electrons. The molecule has 4 heteroatoms. The average Bonchev–Trinajstić information content (AvgIpc) is 2.24. The minimum absolute atomic E-state index is 0.710. The minimum atomic E-state index is 0.710. The Bertz CT molecular complexity index is 249. The molecular weight excluding hydrogens is 192 g/mol. The molecule has 0 spiro atoms. The predicted octanol–water partition coefficient (Wildman–Crippen LogP) is 1.51. The molecule has 86 valence electrons. The molecule has 15 heavy (non-hydrogen) atoms. The fourth-order valence-corrected chi connectivity index (χ4v) is 1.76. The molecule has 1 rings (SSSR count). The van der Waals surface area contributed by atoms with Crippen LogP contribution in [0.15, 0.2) is 16.8 Å². The molecule has 0 saturated carbocycles. The lowest BCUT2D eigenvalue weighted by Gasteiger charge is -2.23. The monoisotopic (exact) mass is 212 g/mol. The Kier molecular flexibility index (Phi) is 5.36. The zero-order valence-electron chi connectivity index (χ0n) is 9.57. The van der Waals surface area contributed by atoms with Gasteiger partial charge in [0, 0.05) is 26.8 Å². The first-order valence-electron chi connectivity index (χ1n) is 5.35. The zero-order chi connectivity index (χ0) is 11.1. The van der Waals surface area contributed by atoms with Gasteiger partial charge in [-0.1, -0.05) is 11.2 Å². The van der Waals surface area contributed by atoms with E-state index < -0.39 is 0 Å². The summed E-state index contributed by atoms with van der Waals surface area (Å²) in [6.45, 7) is 2.68. The van der Waals surface area contributed by atoms with Crippen molar-refractivity contribution in [1.29, 1.82) is 0 Å². The highest BCUT2D eigenvalue weighted by molar-refractivity contribution is 6.00. The Labute approximate surface area is 91.2 Å². The summed E-state index contributed by atoms with van der Waals surface area (Å²) in [5.74, 6) is 0. The second kappa shape index (κ2) is 6.58. The summed E-state index contributed by atoms with van der Waals surface area (Å²) in [7, 11) is 3.76. The second-order valence-electron chi connectivity index (χ2n) is 3.90. The maximum Gasteiger partial charge on any atom is 0.0838 e. The van der Waals surface area contributed by atoms with Gasteiger partial charge in [-0.25, -0.2) is 0 Å². The van der Waals surface area contributed by atoms with Crippen LogP contribution < -0.4 is 0 Å². The third-order valence-corrected chi connectivity index (χ3v) is 2.60. The van der Waals surface area contributed by atoms with E-state index >= 15 is 0 Å². The van der Waals surface area contributed by atoms with E-state index in [0.29, 0.717) is 6.61 Å². The van der Waals surface area contributed by atoms with Gasteiger partial charge in [-0.2, -0.15) is 0 Å². The van der Waals surface area contributed by atoms with Gasteiger partial charge in [-0.05, 0) is 31.9 Å². The number of methoxy groups -OCH3 is 1. The van der Waals surface area contributed by atoms with Crippen LogP contribution in [0, 0.1) is 0 Å². The van der Waals surface area contributed by atoms with Gasteiger partial charge in [0.25, 0.3) is 0 Å². The Hall–Kier alpha value is -0.870. The van der Waals surface area contributed by atoms with E-state index in [1.54, 1.807) is 7.11 Å². The summed E-state index contributed by atoms with van der Waals surface area (Å²) in [4.78, 5) is 2.23. The molecule has 1 aliphatic heterocycles. The van der Waals surface area contributed by atoms with E-state index in [0.717, 1.165) is 43.6 Å². The Morgan fingerprint density at radius 2 is 2.47 bits per heavy atom. The summed E-state index contributed by atoms with van der Waals surface area (Å²) in [5.41, 5.74) is 1.96. The smallest absolute Gasteiger partial charge is 0.0838 e. The lowest BCUT2D eigenvalue weighted by molar-refractivity contribution is 0.196. The predicted molar refractivity (Wildman–Crippen MR) is 60.5 cm³/mol. The Morgan fingerprint density at radius 1 is 1.67 bits per heavy atom. The SMILES string of the molecule is COCCC/C(=N\O)C1=CCCN(C)C1. The van der Waals surface area contributed by atoms with Crippen molar-refractivity contribution in [3.63, 3.8) is 0 Å². The van der Waals surface area contributed by atoms with Crippen molar-refractivity contribution in [1.82, 2.24) is 4.90 Å². The fourth-order valence-electron chi connectivity index (χ4n) is 1.76. The number of nitrogens with zero attached hydrogens (tertiary/aromatic N) is 2. The maximum atomic E-state index is 8.95. The highest BCUT2D eigenvalue weighted by atomic mass is 16.5. The van der Waals surface area contributed by atoms with Crippen LogP contribution in [0.25, 0.3) is 0 Å². The molecule has 1 N–H and O–H groups in total. The van der Waals surface area contributed by atoms with E-state index in [1.165, 1.54) is 0 Å². The van der Waals surface area contributed by atoms with Gasteiger partial charge in [-0.3, -0.25) is 0 Å².